The molecular weight excluding hydrogens is 559 g/mol. The first-order chi connectivity index (χ1) is 18.9. The molecule has 0 saturated heterocycles. The van der Waals surface area contributed by atoms with Gasteiger partial charge in [0.15, 0.2) is 0 Å². The molecule has 1 unspecified atom stereocenters. The van der Waals surface area contributed by atoms with Gasteiger partial charge >= 0.3 is 12.2 Å². The zero-order chi connectivity index (χ0) is 28.8. The molecule has 0 fully saturated rings. The smallest absolute Gasteiger partial charge is 0.416 e. The molecular formula is C27H16ClF5N4O3. The average molecular weight is 575 g/mol. The number of ether oxygens (including phenoxy) is 1. The Morgan fingerprint density at radius 3 is 2.55 bits per heavy atom. The molecule has 0 aliphatic carbocycles. The molecule has 2 amide bonds. The number of halogens is 6. The lowest BCUT2D eigenvalue weighted by Gasteiger charge is -2.19. The highest BCUT2D eigenvalue weighted by atomic mass is 35.5. The van der Waals surface area contributed by atoms with Crippen LogP contribution in [-0.2, 0) is 6.18 Å². The van der Waals surface area contributed by atoms with Gasteiger partial charge in [0.05, 0.1) is 24.4 Å². The standard InChI is InChI=1S/C27H16ClF5N4O3/c1-40-26-34-5-4-20(36-26)12-8-18-22(23(37-25(18)39)17-11-15(29)2-3-19(17)28)21(9-12)35-24(38)13-6-14(27(31,32)33)10-16(30)7-13/h2-11,23H,1H3,(H,35,38)(H,37,39). The van der Waals surface area contributed by atoms with Crippen LogP contribution in [-0.4, -0.2) is 28.9 Å². The Bertz CT molecular complexity index is 1680. The van der Waals surface area contributed by atoms with Crippen molar-refractivity contribution in [1.29, 1.82) is 0 Å². The van der Waals surface area contributed by atoms with E-state index >= 15 is 0 Å². The van der Waals surface area contributed by atoms with Crippen molar-refractivity contribution in [3.8, 4) is 17.3 Å². The minimum atomic E-state index is -4.90. The molecule has 1 aliphatic rings. The number of hydrogen-bond donors (Lipinski definition) is 2. The minimum Gasteiger partial charge on any atom is -0.467 e. The van der Waals surface area contributed by atoms with Gasteiger partial charge in [-0.3, -0.25) is 9.59 Å². The van der Waals surface area contributed by atoms with Gasteiger partial charge < -0.3 is 15.4 Å². The number of fused-ring (bicyclic) bond motifs is 1. The number of aromatic nitrogens is 2. The Labute approximate surface area is 228 Å². The van der Waals surface area contributed by atoms with E-state index in [4.69, 9.17) is 16.3 Å². The van der Waals surface area contributed by atoms with Crippen LogP contribution in [0.2, 0.25) is 5.02 Å². The van der Waals surface area contributed by atoms with E-state index in [2.05, 4.69) is 20.6 Å². The van der Waals surface area contributed by atoms with E-state index < -0.39 is 46.8 Å². The molecule has 13 heteroatoms. The molecule has 204 valence electrons. The van der Waals surface area contributed by atoms with Gasteiger partial charge in [0, 0.05) is 44.7 Å². The van der Waals surface area contributed by atoms with Crippen molar-refractivity contribution in [2.75, 3.05) is 12.4 Å². The van der Waals surface area contributed by atoms with Crippen LogP contribution in [0.25, 0.3) is 11.3 Å². The van der Waals surface area contributed by atoms with Crippen molar-refractivity contribution in [2.24, 2.45) is 0 Å². The molecule has 1 atom stereocenters. The molecule has 4 aromatic rings. The number of carbonyl (C=O) groups is 2. The van der Waals surface area contributed by atoms with E-state index in [1.165, 1.54) is 37.6 Å². The molecule has 0 spiro atoms. The Morgan fingerprint density at radius 1 is 1.05 bits per heavy atom. The van der Waals surface area contributed by atoms with Crippen LogP contribution in [0, 0.1) is 11.6 Å². The molecule has 1 aromatic heterocycles. The van der Waals surface area contributed by atoms with Gasteiger partial charge in [-0.1, -0.05) is 11.6 Å². The van der Waals surface area contributed by atoms with Gasteiger partial charge in [0.25, 0.3) is 11.8 Å². The molecule has 2 heterocycles. The Balaban J connectivity index is 1.67. The van der Waals surface area contributed by atoms with Crippen molar-refractivity contribution in [3.63, 3.8) is 0 Å². The van der Waals surface area contributed by atoms with E-state index in [-0.39, 0.29) is 45.2 Å². The number of benzene rings is 3. The van der Waals surface area contributed by atoms with Gasteiger partial charge in [0.2, 0.25) is 0 Å². The fraction of sp³-hybridized carbons (Fsp3) is 0.111. The highest BCUT2D eigenvalue weighted by Gasteiger charge is 2.36. The monoisotopic (exact) mass is 574 g/mol. The fourth-order valence-corrected chi connectivity index (χ4v) is 4.56. The predicted molar refractivity (Wildman–Crippen MR) is 134 cm³/mol. The molecule has 0 bridgehead atoms. The molecule has 5 rings (SSSR count). The summed E-state index contributed by atoms with van der Waals surface area (Å²) in [4.78, 5) is 34.4. The lowest BCUT2D eigenvalue weighted by atomic mass is 9.93. The van der Waals surface area contributed by atoms with Crippen molar-refractivity contribution in [2.45, 2.75) is 12.2 Å². The predicted octanol–water partition coefficient (Wildman–Crippen LogP) is 6.19. The van der Waals surface area contributed by atoms with Gasteiger partial charge in [0.1, 0.15) is 11.6 Å². The SMILES string of the molecule is COc1nccc(-c2cc(NC(=O)c3cc(F)cc(C(F)(F)F)c3)c3c(c2)C(=O)NC3c2cc(F)ccc2Cl)n1. The third kappa shape index (κ3) is 5.17. The largest absolute Gasteiger partial charge is 0.467 e. The number of carbonyl (C=O) groups excluding carboxylic acids is 2. The topological polar surface area (TPSA) is 93.2 Å². The van der Waals surface area contributed by atoms with Crippen molar-refractivity contribution in [3.05, 3.63) is 105 Å². The molecule has 7 nitrogen and oxygen atoms in total. The van der Waals surface area contributed by atoms with Crippen LogP contribution < -0.4 is 15.4 Å². The summed E-state index contributed by atoms with van der Waals surface area (Å²) in [5.41, 5.74) is -1.00. The van der Waals surface area contributed by atoms with Crippen molar-refractivity contribution >= 4 is 29.1 Å². The third-order valence-electron chi connectivity index (χ3n) is 6.11. The summed E-state index contributed by atoms with van der Waals surface area (Å²) in [5.74, 6) is -3.60. The number of rotatable bonds is 5. The lowest BCUT2D eigenvalue weighted by molar-refractivity contribution is -0.137. The summed E-state index contributed by atoms with van der Waals surface area (Å²) < 4.78 is 73.0. The Hall–Kier alpha value is -4.58. The highest BCUT2D eigenvalue weighted by Crippen LogP contribution is 2.42. The number of amides is 2. The number of methoxy groups -OCH3 is 1. The zero-order valence-corrected chi connectivity index (χ0v) is 21.0. The summed E-state index contributed by atoms with van der Waals surface area (Å²) in [5, 5.41) is 5.28. The highest BCUT2D eigenvalue weighted by molar-refractivity contribution is 6.31. The second-order valence-electron chi connectivity index (χ2n) is 8.67. The summed E-state index contributed by atoms with van der Waals surface area (Å²) in [6.45, 7) is 0. The van der Waals surface area contributed by atoms with Crippen LogP contribution in [0.3, 0.4) is 0 Å². The van der Waals surface area contributed by atoms with Gasteiger partial charge in [-0.15, -0.1) is 0 Å². The van der Waals surface area contributed by atoms with E-state index in [0.717, 1.165) is 12.1 Å². The zero-order valence-electron chi connectivity index (χ0n) is 20.2. The maximum atomic E-state index is 14.1. The summed E-state index contributed by atoms with van der Waals surface area (Å²) >= 11 is 6.30. The first-order valence-corrected chi connectivity index (χ1v) is 11.8. The number of nitrogens with one attached hydrogen (secondary N) is 2. The molecule has 40 heavy (non-hydrogen) atoms. The van der Waals surface area contributed by atoms with Gasteiger partial charge in [-0.05, 0) is 54.6 Å². The molecule has 2 N–H and O–H groups in total. The quantitative estimate of drug-likeness (QED) is 0.277. The second-order valence-corrected chi connectivity index (χ2v) is 9.07. The Morgan fingerprint density at radius 2 is 1.82 bits per heavy atom. The van der Waals surface area contributed by atoms with Crippen LogP contribution in [0.4, 0.5) is 27.6 Å². The van der Waals surface area contributed by atoms with Crippen LogP contribution >= 0.6 is 11.6 Å². The lowest BCUT2D eigenvalue weighted by Crippen LogP contribution is -2.21. The number of anilines is 1. The Kier molecular flexibility index (Phi) is 6.88. The maximum absolute atomic E-state index is 14.1. The van der Waals surface area contributed by atoms with E-state index in [1.54, 1.807) is 0 Å². The summed E-state index contributed by atoms with van der Waals surface area (Å²) in [6.07, 6.45) is -3.51. The van der Waals surface area contributed by atoms with E-state index in [9.17, 15) is 31.5 Å². The molecule has 1 aliphatic heterocycles. The fourth-order valence-electron chi connectivity index (χ4n) is 4.33. The first-order valence-electron chi connectivity index (χ1n) is 11.4. The minimum absolute atomic E-state index is 0.0110. The normalized spacial score (nSPS) is 14.5. The maximum Gasteiger partial charge on any atom is 0.416 e. The van der Waals surface area contributed by atoms with Crippen molar-refractivity contribution in [1.82, 2.24) is 15.3 Å². The van der Waals surface area contributed by atoms with Gasteiger partial charge in [-0.25, -0.2) is 13.8 Å². The molecule has 0 saturated carbocycles. The van der Waals surface area contributed by atoms with Crippen LogP contribution in [0.5, 0.6) is 6.01 Å². The van der Waals surface area contributed by atoms with E-state index in [1.807, 2.05) is 0 Å². The average Bonchev–Trinajstić information content (AvgIpc) is 3.25. The van der Waals surface area contributed by atoms with Gasteiger partial charge in [-0.2, -0.15) is 18.2 Å². The number of alkyl halides is 3. The first kappa shape index (κ1) is 27.0. The summed E-state index contributed by atoms with van der Waals surface area (Å²) in [7, 11) is 1.35. The number of nitrogens with zero attached hydrogens (tertiary/aromatic N) is 2. The second kappa shape index (κ2) is 10.2. The van der Waals surface area contributed by atoms with Crippen LogP contribution in [0.1, 0.15) is 43.4 Å². The molecule has 3 aromatic carbocycles. The van der Waals surface area contributed by atoms with E-state index in [0.29, 0.717) is 17.7 Å². The third-order valence-corrected chi connectivity index (χ3v) is 6.45. The molecule has 0 radical (unpaired) electrons. The van der Waals surface area contributed by atoms with Crippen LogP contribution in [0.15, 0.2) is 60.8 Å². The van der Waals surface area contributed by atoms with Crippen molar-refractivity contribution < 1.29 is 36.3 Å². The summed E-state index contributed by atoms with van der Waals surface area (Å²) in [6, 6.07) is 8.32. The number of hydrogen-bond acceptors (Lipinski definition) is 5.